The summed E-state index contributed by atoms with van der Waals surface area (Å²) in [4.78, 5) is 0. The molecule has 0 aromatic rings. The highest BCUT2D eigenvalue weighted by molar-refractivity contribution is 5.00. The Morgan fingerprint density at radius 1 is 1.11 bits per heavy atom. The van der Waals surface area contributed by atoms with Crippen LogP contribution in [-0.2, 0) is 4.74 Å². The van der Waals surface area contributed by atoms with E-state index in [1.807, 2.05) is 0 Å². The van der Waals surface area contributed by atoms with Crippen LogP contribution in [0.1, 0.15) is 79.6 Å². The molecular weight excluding hydrogens is 234 g/mol. The molecule has 0 bridgehead atoms. The van der Waals surface area contributed by atoms with Crippen LogP contribution in [0.2, 0.25) is 0 Å². The van der Waals surface area contributed by atoms with E-state index in [1.54, 1.807) is 0 Å². The Morgan fingerprint density at radius 2 is 1.74 bits per heavy atom. The molecule has 0 aromatic carbocycles. The van der Waals surface area contributed by atoms with Gasteiger partial charge in [0.25, 0.3) is 0 Å². The van der Waals surface area contributed by atoms with Gasteiger partial charge in [-0.25, -0.2) is 0 Å². The van der Waals surface area contributed by atoms with Crippen LogP contribution in [0.5, 0.6) is 0 Å². The van der Waals surface area contributed by atoms with Gasteiger partial charge < -0.3 is 10.1 Å². The zero-order valence-electron chi connectivity index (χ0n) is 13.6. The van der Waals surface area contributed by atoms with Crippen LogP contribution in [0.15, 0.2) is 0 Å². The average molecular weight is 267 g/mol. The highest BCUT2D eigenvalue weighted by Gasteiger charge is 2.46. The molecule has 2 fully saturated rings. The number of ether oxygens (including phenoxy) is 1. The van der Waals surface area contributed by atoms with Crippen molar-refractivity contribution in [1.82, 2.24) is 5.32 Å². The molecule has 2 aliphatic rings. The summed E-state index contributed by atoms with van der Waals surface area (Å²) >= 11 is 0. The van der Waals surface area contributed by atoms with E-state index < -0.39 is 0 Å². The molecule has 0 amide bonds. The molecule has 2 unspecified atom stereocenters. The summed E-state index contributed by atoms with van der Waals surface area (Å²) in [5.74, 6) is 0.887. The van der Waals surface area contributed by atoms with Gasteiger partial charge in [-0.15, -0.1) is 0 Å². The first-order chi connectivity index (χ1) is 8.84. The first-order valence-corrected chi connectivity index (χ1v) is 8.30. The standard InChI is InChI=1S/C17H33NO/c1-6-14(13-10-8-7-9-11-13)18-15-12-16(2,3)19-17(15,4)5/h13-15,18H,6-12H2,1-5H3. The van der Waals surface area contributed by atoms with Crippen LogP contribution in [0.4, 0.5) is 0 Å². The van der Waals surface area contributed by atoms with Crippen molar-refractivity contribution < 1.29 is 4.74 Å². The van der Waals surface area contributed by atoms with E-state index in [2.05, 4.69) is 39.9 Å². The van der Waals surface area contributed by atoms with Crippen LogP contribution in [0, 0.1) is 5.92 Å². The molecule has 0 radical (unpaired) electrons. The van der Waals surface area contributed by atoms with Crippen LogP contribution in [-0.4, -0.2) is 23.3 Å². The van der Waals surface area contributed by atoms with Crippen LogP contribution in [0.3, 0.4) is 0 Å². The van der Waals surface area contributed by atoms with E-state index in [1.165, 1.54) is 38.5 Å². The molecule has 1 N–H and O–H groups in total. The van der Waals surface area contributed by atoms with E-state index in [0.717, 1.165) is 12.3 Å². The monoisotopic (exact) mass is 267 g/mol. The Labute approximate surface area is 119 Å². The Morgan fingerprint density at radius 3 is 2.21 bits per heavy atom. The minimum atomic E-state index is -0.0361. The second-order valence-corrected chi connectivity index (χ2v) is 7.80. The normalized spacial score (nSPS) is 32.4. The summed E-state index contributed by atoms with van der Waals surface area (Å²) < 4.78 is 6.22. The zero-order valence-corrected chi connectivity index (χ0v) is 13.6. The van der Waals surface area contributed by atoms with Gasteiger partial charge in [-0.3, -0.25) is 0 Å². The molecular formula is C17H33NO. The van der Waals surface area contributed by atoms with Gasteiger partial charge in [0.15, 0.2) is 0 Å². The van der Waals surface area contributed by atoms with E-state index >= 15 is 0 Å². The summed E-state index contributed by atoms with van der Waals surface area (Å²) in [6, 6.07) is 1.18. The van der Waals surface area contributed by atoms with Crippen LogP contribution in [0.25, 0.3) is 0 Å². The fourth-order valence-electron chi connectivity index (χ4n) is 4.20. The van der Waals surface area contributed by atoms with Gasteiger partial charge in [0, 0.05) is 12.1 Å². The first-order valence-electron chi connectivity index (χ1n) is 8.30. The molecule has 2 heteroatoms. The van der Waals surface area contributed by atoms with Crippen molar-refractivity contribution >= 4 is 0 Å². The second-order valence-electron chi connectivity index (χ2n) is 7.80. The molecule has 0 spiro atoms. The Bertz CT molecular complexity index is 292. The van der Waals surface area contributed by atoms with Crippen molar-refractivity contribution in [2.45, 2.75) is 103 Å². The predicted octanol–water partition coefficient (Wildman–Crippen LogP) is 4.28. The molecule has 1 saturated heterocycles. The van der Waals surface area contributed by atoms with Gasteiger partial charge >= 0.3 is 0 Å². The first kappa shape index (κ1) is 15.3. The third kappa shape index (κ3) is 3.72. The molecule has 2 atom stereocenters. The van der Waals surface area contributed by atoms with E-state index in [-0.39, 0.29) is 11.2 Å². The predicted molar refractivity (Wildman–Crippen MR) is 81.4 cm³/mol. The second kappa shape index (κ2) is 5.73. The molecule has 1 aliphatic carbocycles. The molecule has 1 heterocycles. The Balaban J connectivity index is 1.97. The van der Waals surface area contributed by atoms with Gasteiger partial charge in [-0.2, -0.15) is 0 Å². The maximum atomic E-state index is 6.22. The molecule has 2 rings (SSSR count). The number of nitrogens with one attached hydrogen (secondary N) is 1. The lowest BCUT2D eigenvalue weighted by molar-refractivity contribution is -0.0710. The van der Waals surface area contributed by atoms with Gasteiger partial charge in [0.2, 0.25) is 0 Å². The lowest BCUT2D eigenvalue weighted by Gasteiger charge is -2.36. The Kier molecular flexibility index (Phi) is 4.62. The van der Waals surface area contributed by atoms with Gasteiger partial charge in [-0.1, -0.05) is 26.2 Å². The van der Waals surface area contributed by atoms with E-state index in [0.29, 0.717) is 12.1 Å². The third-order valence-electron chi connectivity index (χ3n) is 5.15. The van der Waals surface area contributed by atoms with Crippen molar-refractivity contribution in [1.29, 1.82) is 0 Å². The highest BCUT2D eigenvalue weighted by atomic mass is 16.5. The minimum Gasteiger partial charge on any atom is -0.368 e. The van der Waals surface area contributed by atoms with E-state index in [9.17, 15) is 0 Å². The molecule has 1 saturated carbocycles. The summed E-state index contributed by atoms with van der Waals surface area (Å²) in [6.45, 7) is 11.3. The largest absolute Gasteiger partial charge is 0.368 e. The summed E-state index contributed by atoms with van der Waals surface area (Å²) in [5.41, 5.74) is -0.0163. The maximum Gasteiger partial charge on any atom is 0.0787 e. The fraction of sp³-hybridized carbons (Fsp3) is 1.00. The zero-order chi connectivity index (χ0) is 14.1. The molecule has 19 heavy (non-hydrogen) atoms. The minimum absolute atomic E-state index is 0.0199. The van der Waals surface area contributed by atoms with Crippen molar-refractivity contribution in [3.63, 3.8) is 0 Å². The van der Waals surface area contributed by atoms with Crippen molar-refractivity contribution in [3.05, 3.63) is 0 Å². The lowest BCUT2D eigenvalue weighted by atomic mass is 9.81. The smallest absolute Gasteiger partial charge is 0.0787 e. The van der Waals surface area contributed by atoms with Gasteiger partial charge in [-0.05, 0) is 59.3 Å². The van der Waals surface area contributed by atoms with Gasteiger partial charge in [0.05, 0.1) is 11.2 Å². The number of hydrogen-bond acceptors (Lipinski definition) is 2. The average Bonchev–Trinajstić information content (AvgIpc) is 2.55. The van der Waals surface area contributed by atoms with E-state index in [4.69, 9.17) is 4.74 Å². The quantitative estimate of drug-likeness (QED) is 0.821. The van der Waals surface area contributed by atoms with Crippen molar-refractivity contribution in [3.8, 4) is 0 Å². The molecule has 1 aliphatic heterocycles. The number of hydrogen-bond donors (Lipinski definition) is 1. The Hall–Kier alpha value is -0.0800. The summed E-state index contributed by atoms with van der Waals surface area (Å²) in [7, 11) is 0. The van der Waals surface area contributed by atoms with Crippen LogP contribution >= 0.6 is 0 Å². The number of rotatable bonds is 4. The maximum absolute atomic E-state index is 6.22. The topological polar surface area (TPSA) is 21.3 Å². The fourth-order valence-corrected chi connectivity index (χ4v) is 4.20. The summed E-state index contributed by atoms with van der Waals surface area (Å²) in [5, 5.41) is 3.96. The highest BCUT2D eigenvalue weighted by Crippen LogP contribution is 2.38. The molecule has 2 nitrogen and oxygen atoms in total. The van der Waals surface area contributed by atoms with Crippen LogP contribution < -0.4 is 5.32 Å². The lowest BCUT2D eigenvalue weighted by Crippen LogP contribution is -2.50. The summed E-state index contributed by atoms with van der Waals surface area (Å²) in [6.07, 6.45) is 9.52. The SMILES string of the molecule is CCC(NC1CC(C)(C)OC1(C)C)C1CCCCC1. The molecule has 112 valence electrons. The van der Waals surface area contributed by atoms with Gasteiger partial charge in [0.1, 0.15) is 0 Å². The molecule has 0 aromatic heterocycles. The van der Waals surface area contributed by atoms with Crippen molar-refractivity contribution in [2.24, 2.45) is 5.92 Å². The van der Waals surface area contributed by atoms with Crippen molar-refractivity contribution in [2.75, 3.05) is 0 Å². The third-order valence-corrected chi connectivity index (χ3v) is 5.15.